The van der Waals surface area contributed by atoms with E-state index in [9.17, 15) is 0 Å². The molecular formula is C40H27N3. The third-order valence-electron chi connectivity index (χ3n) is 8.22. The Bertz CT molecular complexity index is 2030. The zero-order valence-corrected chi connectivity index (χ0v) is 23.5. The molecule has 0 fully saturated rings. The maximum Gasteiger partial charge on any atom is 0.164 e. The fourth-order valence-corrected chi connectivity index (χ4v) is 6.14. The molecule has 1 heterocycles. The van der Waals surface area contributed by atoms with Gasteiger partial charge in [-0.25, -0.2) is 15.0 Å². The molecule has 1 aliphatic carbocycles. The molecule has 8 rings (SSSR count). The average molecular weight is 550 g/mol. The molecule has 0 spiro atoms. The normalized spacial score (nSPS) is 11.6. The van der Waals surface area contributed by atoms with Crippen LogP contribution in [0.2, 0.25) is 0 Å². The maximum atomic E-state index is 5.04. The zero-order chi connectivity index (χ0) is 28.6. The van der Waals surface area contributed by atoms with E-state index in [-0.39, 0.29) is 0 Å². The number of hydrogen-bond donors (Lipinski definition) is 0. The molecule has 202 valence electrons. The molecule has 0 unspecified atom stereocenters. The molecule has 1 aromatic heterocycles. The van der Waals surface area contributed by atoms with Crippen LogP contribution in [0.5, 0.6) is 0 Å². The van der Waals surface area contributed by atoms with Gasteiger partial charge in [-0.05, 0) is 50.6 Å². The number of nitrogens with zero attached hydrogens (tertiary/aromatic N) is 3. The Morgan fingerprint density at radius 2 is 0.721 bits per heavy atom. The van der Waals surface area contributed by atoms with Crippen molar-refractivity contribution in [1.29, 1.82) is 0 Å². The van der Waals surface area contributed by atoms with Crippen LogP contribution in [-0.2, 0) is 6.42 Å². The molecule has 6 aromatic carbocycles. The van der Waals surface area contributed by atoms with Crippen LogP contribution < -0.4 is 0 Å². The van der Waals surface area contributed by atoms with E-state index < -0.39 is 0 Å². The summed E-state index contributed by atoms with van der Waals surface area (Å²) in [5, 5.41) is 0. The monoisotopic (exact) mass is 549 g/mol. The largest absolute Gasteiger partial charge is 0.208 e. The van der Waals surface area contributed by atoms with Crippen LogP contribution in [0.3, 0.4) is 0 Å². The summed E-state index contributed by atoms with van der Waals surface area (Å²) in [5.74, 6) is 2.05. The highest BCUT2D eigenvalue weighted by Crippen LogP contribution is 2.45. The molecule has 0 atom stereocenters. The van der Waals surface area contributed by atoms with Gasteiger partial charge in [0.05, 0.1) is 0 Å². The molecular weight excluding hydrogens is 522 g/mol. The molecule has 1 aliphatic rings. The average Bonchev–Trinajstić information content (AvgIpc) is 3.48. The number of aromatic nitrogens is 3. The lowest BCUT2D eigenvalue weighted by Gasteiger charge is -2.11. The van der Waals surface area contributed by atoms with Gasteiger partial charge in [0.25, 0.3) is 0 Å². The van der Waals surface area contributed by atoms with E-state index in [0.29, 0.717) is 17.5 Å². The molecule has 3 heteroatoms. The molecule has 0 N–H and O–H groups in total. The predicted molar refractivity (Wildman–Crippen MR) is 175 cm³/mol. The van der Waals surface area contributed by atoms with Crippen LogP contribution in [0.25, 0.3) is 67.5 Å². The first-order valence-electron chi connectivity index (χ1n) is 14.6. The molecule has 0 saturated carbocycles. The molecule has 0 aliphatic heterocycles. The van der Waals surface area contributed by atoms with Gasteiger partial charge in [0.2, 0.25) is 0 Å². The lowest BCUT2D eigenvalue weighted by molar-refractivity contribution is 1.07. The van der Waals surface area contributed by atoms with Crippen molar-refractivity contribution in [1.82, 2.24) is 15.0 Å². The standard InChI is InChI=1S/C40H27N3/c1-4-13-27(14-5-1)30-19-10-20-31(25-30)32-21-11-22-33-34-23-12-24-35(37(34)26-36(32)33)40-42-38(28-15-6-2-7-16-28)41-39(43-40)29-17-8-3-9-18-29/h1-25H,26H2. The minimum atomic E-state index is 0.677. The van der Waals surface area contributed by atoms with Crippen molar-refractivity contribution < 1.29 is 0 Å². The van der Waals surface area contributed by atoms with Crippen molar-refractivity contribution in [3.05, 3.63) is 163 Å². The molecule has 43 heavy (non-hydrogen) atoms. The Morgan fingerprint density at radius 3 is 1.33 bits per heavy atom. The summed E-state index contributed by atoms with van der Waals surface area (Å²) >= 11 is 0. The zero-order valence-electron chi connectivity index (χ0n) is 23.5. The number of hydrogen-bond acceptors (Lipinski definition) is 3. The summed E-state index contributed by atoms with van der Waals surface area (Å²) in [6, 6.07) is 52.9. The third-order valence-corrected chi connectivity index (χ3v) is 8.22. The van der Waals surface area contributed by atoms with Gasteiger partial charge in [0, 0.05) is 23.1 Å². The highest BCUT2D eigenvalue weighted by Gasteiger charge is 2.26. The van der Waals surface area contributed by atoms with E-state index in [1.54, 1.807) is 0 Å². The topological polar surface area (TPSA) is 38.7 Å². The Hall–Kier alpha value is -5.67. The lowest BCUT2D eigenvalue weighted by atomic mass is 9.93. The summed E-state index contributed by atoms with van der Waals surface area (Å²) in [5.41, 5.74) is 13.1. The van der Waals surface area contributed by atoms with Gasteiger partial charge in [-0.15, -0.1) is 0 Å². The van der Waals surface area contributed by atoms with E-state index in [0.717, 1.165) is 23.1 Å². The number of rotatable bonds is 5. The van der Waals surface area contributed by atoms with Gasteiger partial charge in [-0.3, -0.25) is 0 Å². The molecule has 0 saturated heterocycles. The summed E-state index contributed by atoms with van der Waals surface area (Å²) in [4.78, 5) is 15.0. The second-order valence-electron chi connectivity index (χ2n) is 10.8. The van der Waals surface area contributed by atoms with E-state index in [1.807, 2.05) is 36.4 Å². The van der Waals surface area contributed by atoms with Crippen LogP contribution >= 0.6 is 0 Å². The quantitative estimate of drug-likeness (QED) is 0.214. The second kappa shape index (κ2) is 10.6. The molecule has 7 aromatic rings. The van der Waals surface area contributed by atoms with Crippen LogP contribution in [0.1, 0.15) is 11.1 Å². The first-order chi connectivity index (χ1) is 21.3. The number of fused-ring (bicyclic) bond motifs is 3. The molecule has 0 amide bonds. The Morgan fingerprint density at radius 1 is 0.302 bits per heavy atom. The van der Waals surface area contributed by atoms with E-state index in [4.69, 9.17) is 15.0 Å². The fourth-order valence-electron chi connectivity index (χ4n) is 6.14. The van der Waals surface area contributed by atoms with Crippen molar-refractivity contribution in [3.63, 3.8) is 0 Å². The smallest absolute Gasteiger partial charge is 0.164 e. The van der Waals surface area contributed by atoms with Crippen molar-refractivity contribution in [2.24, 2.45) is 0 Å². The van der Waals surface area contributed by atoms with Crippen LogP contribution in [0.4, 0.5) is 0 Å². The highest BCUT2D eigenvalue weighted by atomic mass is 15.0. The first-order valence-corrected chi connectivity index (χ1v) is 14.6. The Kier molecular flexibility index (Phi) is 6.20. The first kappa shape index (κ1) is 25.1. The molecule has 0 radical (unpaired) electrons. The molecule has 3 nitrogen and oxygen atoms in total. The van der Waals surface area contributed by atoms with Crippen LogP contribution in [0.15, 0.2) is 152 Å². The maximum absolute atomic E-state index is 5.04. The van der Waals surface area contributed by atoms with Gasteiger partial charge < -0.3 is 0 Å². The Labute approximate surface area is 251 Å². The fraction of sp³-hybridized carbons (Fsp3) is 0.0250. The van der Waals surface area contributed by atoms with Crippen molar-refractivity contribution in [2.75, 3.05) is 0 Å². The number of benzene rings is 6. The minimum Gasteiger partial charge on any atom is -0.208 e. The highest BCUT2D eigenvalue weighted by molar-refractivity contribution is 5.89. The van der Waals surface area contributed by atoms with Crippen LogP contribution in [-0.4, -0.2) is 15.0 Å². The van der Waals surface area contributed by atoms with E-state index in [2.05, 4.69) is 115 Å². The van der Waals surface area contributed by atoms with Gasteiger partial charge in [-0.2, -0.15) is 0 Å². The third kappa shape index (κ3) is 4.61. The van der Waals surface area contributed by atoms with E-state index >= 15 is 0 Å². The second-order valence-corrected chi connectivity index (χ2v) is 10.8. The summed E-state index contributed by atoms with van der Waals surface area (Å²) in [7, 11) is 0. The molecule has 0 bridgehead atoms. The van der Waals surface area contributed by atoms with Crippen molar-refractivity contribution in [2.45, 2.75) is 6.42 Å². The van der Waals surface area contributed by atoms with Crippen molar-refractivity contribution in [3.8, 4) is 67.5 Å². The van der Waals surface area contributed by atoms with Gasteiger partial charge in [0.1, 0.15) is 0 Å². The van der Waals surface area contributed by atoms with Crippen LogP contribution in [0, 0.1) is 0 Å². The van der Waals surface area contributed by atoms with Gasteiger partial charge >= 0.3 is 0 Å². The summed E-state index contributed by atoms with van der Waals surface area (Å²) in [6.45, 7) is 0. The lowest BCUT2D eigenvalue weighted by Crippen LogP contribution is -2.01. The van der Waals surface area contributed by atoms with E-state index in [1.165, 1.54) is 44.5 Å². The predicted octanol–water partition coefficient (Wildman–Crippen LogP) is 9.78. The van der Waals surface area contributed by atoms with Gasteiger partial charge in [-0.1, -0.05) is 146 Å². The SMILES string of the molecule is c1ccc(-c2cccc(-c3cccc4c3Cc3c(-c5nc(-c6ccccc6)nc(-c6ccccc6)n5)cccc3-4)c2)cc1. The summed E-state index contributed by atoms with van der Waals surface area (Å²) < 4.78 is 0. The minimum absolute atomic E-state index is 0.677. The summed E-state index contributed by atoms with van der Waals surface area (Å²) in [6.07, 6.45) is 0.819. The van der Waals surface area contributed by atoms with Crippen molar-refractivity contribution >= 4 is 0 Å². The van der Waals surface area contributed by atoms with Gasteiger partial charge in [0.15, 0.2) is 17.5 Å². The Balaban J connectivity index is 1.25.